The molecule has 0 radical (unpaired) electrons. The van der Waals surface area contributed by atoms with Crippen LogP contribution in [0, 0.1) is 5.41 Å². The van der Waals surface area contributed by atoms with E-state index >= 15 is 0 Å². The smallest absolute Gasteiger partial charge is 0.233 e. The van der Waals surface area contributed by atoms with Gasteiger partial charge < -0.3 is 15.8 Å². The third kappa shape index (κ3) is 2.92. The lowest BCUT2D eigenvalue weighted by molar-refractivity contribution is -0.131. The van der Waals surface area contributed by atoms with Crippen LogP contribution >= 0.6 is 12.2 Å². The van der Waals surface area contributed by atoms with Crippen LogP contribution in [0.4, 0.5) is 0 Å². The van der Waals surface area contributed by atoms with Gasteiger partial charge >= 0.3 is 0 Å². The molecule has 4 nitrogen and oxygen atoms in total. The number of unbranched alkanes of at least 4 members (excludes halogenated alkanes) is 1. The highest BCUT2D eigenvalue weighted by Crippen LogP contribution is 2.31. The summed E-state index contributed by atoms with van der Waals surface area (Å²) < 4.78 is 5.26. The van der Waals surface area contributed by atoms with Gasteiger partial charge in [0.2, 0.25) is 5.91 Å². The standard InChI is InChI=1S/C11H20N2O2S/c1-2-3-6-13-10(14)11(9(12)16)4-7-15-8-5-11/h2-8H2,1H3,(H2,12,16)(H,13,14). The molecule has 0 unspecified atom stereocenters. The summed E-state index contributed by atoms with van der Waals surface area (Å²) >= 11 is 5.04. The second-order valence-electron chi connectivity index (χ2n) is 4.17. The van der Waals surface area contributed by atoms with Crippen molar-refractivity contribution in [3.63, 3.8) is 0 Å². The molecule has 1 heterocycles. The Hall–Kier alpha value is -0.680. The maximum Gasteiger partial charge on any atom is 0.233 e. The molecule has 3 N–H and O–H groups in total. The normalized spacial score (nSPS) is 19.1. The maximum atomic E-state index is 12.1. The Balaban J connectivity index is 2.61. The van der Waals surface area contributed by atoms with Crippen molar-refractivity contribution in [3.8, 4) is 0 Å². The summed E-state index contributed by atoms with van der Waals surface area (Å²) in [6.07, 6.45) is 3.24. The molecule has 0 aromatic carbocycles. The minimum absolute atomic E-state index is 0.0308. The zero-order valence-electron chi connectivity index (χ0n) is 9.75. The van der Waals surface area contributed by atoms with E-state index in [-0.39, 0.29) is 5.91 Å². The van der Waals surface area contributed by atoms with E-state index in [0.29, 0.717) is 37.6 Å². The molecule has 1 fully saturated rings. The lowest BCUT2D eigenvalue weighted by atomic mass is 9.79. The largest absolute Gasteiger partial charge is 0.392 e. The molecule has 16 heavy (non-hydrogen) atoms. The molecule has 0 aliphatic carbocycles. The molecule has 0 aromatic rings. The Morgan fingerprint density at radius 3 is 2.62 bits per heavy atom. The van der Waals surface area contributed by atoms with Gasteiger partial charge in [0, 0.05) is 19.8 Å². The second kappa shape index (κ2) is 6.15. The van der Waals surface area contributed by atoms with E-state index in [0.717, 1.165) is 12.8 Å². The molecule has 92 valence electrons. The number of nitrogens with two attached hydrogens (primary N) is 1. The average molecular weight is 244 g/mol. The van der Waals surface area contributed by atoms with Crippen molar-refractivity contribution in [3.05, 3.63) is 0 Å². The monoisotopic (exact) mass is 244 g/mol. The SMILES string of the molecule is CCCCNC(=O)C1(C(N)=S)CCOCC1. The van der Waals surface area contributed by atoms with Crippen LogP contribution in [0.5, 0.6) is 0 Å². The first-order valence-electron chi connectivity index (χ1n) is 5.79. The summed E-state index contributed by atoms with van der Waals surface area (Å²) in [6, 6.07) is 0. The number of carbonyl (C=O) groups is 1. The van der Waals surface area contributed by atoms with E-state index < -0.39 is 5.41 Å². The minimum atomic E-state index is -0.679. The van der Waals surface area contributed by atoms with Crippen LogP contribution in [-0.4, -0.2) is 30.7 Å². The molecular formula is C11H20N2O2S. The zero-order valence-corrected chi connectivity index (χ0v) is 10.6. The number of nitrogens with one attached hydrogen (secondary N) is 1. The quantitative estimate of drug-likeness (QED) is 0.559. The molecule has 0 spiro atoms. The van der Waals surface area contributed by atoms with E-state index in [2.05, 4.69) is 12.2 Å². The van der Waals surface area contributed by atoms with Crippen molar-refractivity contribution < 1.29 is 9.53 Å². The Morgan fingerprint density at radius 1 is 1.50 bits per heavy atom. The van der Waals surface area contributed by atoms with Gasteiger partial charge in [-0.05, 0) is 19.3 Å². The first-order chi connectivity index (χ1) is 7.63. The minimum Gasteiger partial charge on any atom is -0.392 e. The summed E-state index contributed by atoms with van der Waals surface area (Å²) in [6.45, 7) is 3.89. The van der Waals surface area contributed by atoms with Crippen LogP contribution in [0.25, 0.3) is 0 Å². The number of hydrogen-bond donors (Lipinski definition) is 2. The topological polar surface area (TPSA) is 64.4 Å². The van der Waals surface area contributed by atoms with Crippen LogP contribution < -0.4 is 11.1 Å². The molecule has 0 saturated carbocycles. The molecule has 0 bridgehead atoms. The Labute approximate surface area is 102 Å². The maximum absolute atomic E-state index is 12.1. The van der Waals surface area contributed by atoms with Gasteiger partial charge in [-0.15, -0.1) is 0 Å². The number of rotatable bonds is 5. The van der Waals surface area contributed by atoms with Gasteiger partial charge in [-0.25, -0.2) is 0 Å². The van der Waals surface area contributed by atoms with Crippen molar-refractivity contribution in [2.75, 3.05) is 19.8 Å². The van der Waals surface area contributed by atoms with Gasteiger partial charge in [0.05, 0.1) is 4.99 Å². The van der Waals surface area contributed by atoms with Gasteiger partial charge in [0.1, 0.15) is 5.41 Å². The molecule has 1 saturated heterocycles. The molecule has 1 amide bonds. The summed E-state index contributed by atoms with van der Waals surface area (Å²) in [4.78, 5) is 12.4. The fraction of sp³-hybridized carbons (Fsp3) is 0.818. The van der Waals surface area contributed by atoms with Crippen molar-refractivity contribution in [2.24, 2.45) is 11.1 Å². The molecule has 1 aliphatic rings. The van der Waals surface area contributed by atoms with Gasteiger partial charge in [-0.3, -0.25) is 4.79 Å². The van der Waals surface area contributed by atoms with Gasteiger partial charge in [-0.2, -0.15) is 0 Å². The average Bonchev–Trinajstić information content (AvgIpc) is 2.30. The number of hydrogen-bond acceptors (Lipinski definition) is 3. The Morgan fingerprint density at radius 2 is 2.12 bits per heavy atom. The first-order valence-corrected chi connectivity index (χ1v) is 6.20. The van der Waals surface area contributed by atoms with E-state index in [1.807, 2.05) is 0 Å². The van der Waals surface area contributed by atoms with E-state index in [1.165, 1.54) is 0 Å². The van der Waals surface area contributed by atoms with Crippen LogP contribution in [0.3, 0.4) is 0 Å². The molecule has 0 aromatic heterocycles. The predicted molar refractivity (Wildman–Crippen MR) is 67.2 cm³/mol. The summed E-state index contributed by atoms with van der Waals surface area (Å²) in [5.74, 6) is -0.0308. The van der Waals surface area contributed by atoms with Gasteiger partial charge in [0.25, 0.3) is 0 Å². The van der Waals surface area contributed by atoms with Crippen molar-refractivity contribution in [2.45, 2.75) is 32.6 Å². The first kappa shape index (κ1) is 13.4. The van der Waals surface area contributed by atoms with Crippen LogP contribution in [0.1, 0.15) is 32.6 Å². The molecule has 5 heteroatoms. The highest BCUT2D eigenvalue weighted by Gasteiger charge is 2.42. The van der Waals surface area contributed by atoms with Crippen molar-refractivity contribution >= 4 is 23.1 Å². The fourth-order valence-electron chi connectivity index (χ4n) is 1.85. The van der Waals surface area contributed by atoms with Crippen LogP contribution in [-0.2, 0) is 9.53 Å². The van der Waals surface area contributed by atoms with Crippen LogP contribution in [0.15, 0.2) is 0 Å². The zero-order chi connectivity index (χ0) is 12.0. The lowest BCUT2D eigenvalue weighted by Crippen LogP contribution is -2.52. The van der Waals surface area contributed by atoms with Crippen molar-refractivity contribution in [1.29, 1.82) is 0 Å². The van der Waals surface area contributed by atoms with E-state index in [1.54, 1.807) is 0 Å². The summed E-state index contributed by atoms with van der Waals surface area (Å²) in [5, 5.41) is 2.91. The van der Waals surface area contributed by atoms with Crippen LogP contribution in [0.2, 0.25) is 0 Å². The Bertz CT molecular complexity index is 263. The number of carbonyl (C=O) groups excluding carboxylic acids is 1. The Kier molecular flexibility index (Phi) is 5.15. The molecule has 0 atom stereocenters. The molecule has 1 rings (SSSR count). The van der Waals surface area contributed by atoms with Gasteiger partial charge in [-0.1, -0.05) is 25.6 Å². The summed E-state index contributed by atoms with van der Waals surface area (Å²) in [5.41, 5.74) is 5.04. The van der Waals surface area contributed by atoms with E-state index in [9.17, 15) is 4.79 Å². The number of ether oxygens (including phenoxy) is 1. The molecular weight excluding hydrogens is 224 g/mol. The summed E-state index contributed by atoms with van der Waals surface area (Å²) in [7, 11) is 0. The number of amides is 1. The van der Waals surface area contributed by atoms with Crippen molar-refractivity contribution in [1.82, 2.24) is 5.32 Å². The van der Waals surface area contributed by atoms with Gasteiger partial charge in [0.15, 0.2) is 0 Å². The highest BCUT2D eigenvalue weighted by atomic mass is 32.1. The van der Waals surface area contributed by atoms with E-state index in [4.69, 9.17) is 22.7 Å². The second-order valence-corrected chi connectivity index (χ2v) is 4.61. The molecule has 1 aliphatic heterocycles. The lowest BCUT2D eigenvalue weighted by Gasteiger charge is -2.34. The number of thiocarbonyl (C=S) groups is 1. The third-order valence-electron chi connectivity index (χ3n) is 3.07. The fourth-order valence-corrected chi connectivity index (χ4v) is 2.15. The highest BCUT2D eigenvalue weighted by molar-refractivity contribution is 7.80. The predicted octanol–water partition coefficient (Wildman–Crippen LogP) is 0.986. The third-order valence-corrected chi connectivity index (χ3v) is 3.46.